The number of nitrogens with one attached hydrogen (secondary N) is 2. The zero-order valence-corrected chi connectivity index (χ0v) is 11.1. The van der Waals surface area contributed by atoms with E-state index in [0.717, 1.165) is 0 Å². The third kappa shape index (κ3) is 4.53. The van der Waals surface area contributed by atoms with Gasteiger partial charge in [0.1, 0.15) is 0 Å². The Morgan fingerprint density at radius 1 is 1.42 bits per heavy atom. The first-order valence-corrected chi connectivity index (χ1v) is 5.94. The summed E-state index contributed by atoms with van der Waals surface area (Å²) >= 11 is 0. The first-order valence-electron chi connectivity index (χ1n) is 5.94. The van der Waals surface area contributed by atoms with Crippen LogP contribution in [0.15, 0.2) is 0 Å². The van der Waals surface area contributed by atoms with Crippen molar-refractivity contribution in [2.24, 2.45) is 0 Å². The molecule has 9 heteroatoms. The van der Waals surface area contributed by atoms with Crippen LogP contribution < -0.4 is 5.32 Å². The largest absolute Gasteiger partial charge is 0.481 e. The molecular weight excluding hydrogens is 252 g/mol. The highest BCUT2D eigenvalue weighted by Gasteiger charge is 2.21. The monoisotopic (exact) mass is 270 g/mol. The summed E-state index contributed by atoms with van der Waals surface area (Å²) in [5.41, 5.74) is 0. The number of rotatable bonds is 6. The average Bonchev–Trinajstić information content (AvgIpc) is 2.81. The minimum Gasteiger partial charge on any atom is -0.481 e. The summed E-state index contributed by atoms with van der Waals surface area (Å²) in [5, 5.41) is 24.6. The normalized spacial score (nSPS) is 12.2. The Hall–Kier alpha value is -2.19. The van der Waals surface area contributed by atoms with Crippen LogP contribution in [0.2, 0.25) is 0 Å². The van der Waals surface area contributed by atoms with E-state index >= 15 is 0 Å². The summed E-state index contributed by atoms with van der Waals surface area (Å²) in [7, 11) is 0. The van der Waals surface area contributed by atoms with E-state index in [1.165, 1.54) is 4.90 Å². The quantitative estimate of drug-likeness (QED) is 0.676. The highest BCUT2D eigenvalue weighted by Crippen LogP contribution is 2.07. The molecular formula is C10H18N6O3. The van der Waals surface area contributed by atoms with Crippen LogP contribution in [0.3, 0.4) is 0 Å². The van der Waals surface area contributed by atoms with Crippen LogP contribution in [-0.2, 0) is 4.79 Å². The van der Waals surface area contributed by atoms with Gasteiger partial charge in [-0.25, -0.2) is 4.79 Å². The van der Waals surface area contributed by atoms with Crippen LogP contribution in [0, 0.1) is 0 Å². The van der Waals surface area contributed by atoms with Crippen molar-refractivity contribution >= 4 is 12.0 Å². The van der Waals surface area contributed by atoms with Gasteiger partial charge in [0.05, 0.1) is 12.5 Å². The van der Waals surface area contributed by atoms with Crippen molar-refractivity contribution < 1.29 is 14.7 Å². The fourth-order valence-electron chi connectivity index (χ4n) is 1.50. The van der Waals surface area contributed by atoms with Crippen molar-refractivity contribution in [1.29, 1.82) is 0 Å². The molecule has 0 bridgehead atoms. The van der Waals surface area contributed by atoms with E-state index in [0.29, 0.717) is 5.82 Å². The minimum absolute atomic E-state index is 0.0950. The molecule has 0 aliphatic carbocycles. The number of hydrogen-bond donors (Lipinski definition) is 3. The number of H-pyrrole nitrogens is 1. The topological polar surface area (TPSA) is 124 Å². The van der Waals surface area contributed by atoms with Gasteiger partial charge < -0.3 is 15.3 Å². The predicted molar refractivity (Wildman–Crippen MR) is 65.2 cm³/mol. The van der Waals surface area contributed by atoms with Crippen LogP contribution in [0.5, 0.6) is 0 Å². The Morgan fingerprint density at radius 2 is 2.11 bits per heavy atom. The maximum Gasteiger partial charge on any atom is 0.318 e. The van der Waals surface area contributed by atoms with Gasteiger partial charge in [0.2, 0.25) is 0 Å². The van der Waals surface area contributed by atoms with Gasteiger partial charge in [-0.3, -0.25) is 4.79 Å². The van der Waals surface area contributed by atoms with Crippen LogP contribution in [0.25, 0.3) is 0 Å². The number of carbonyl (C=O) groups is 2. The number of aromatic nitrogens is 4. The second-order valence-electron chi connectivity index (χ2n) is 4.37. The van der Waals surface area contributed by atoms with E-state index in [1.807, 2.05) is 13.8 Å². The van der Waals surface area contributed by atoms with Crippen molar-refractivity contribution in [3.05, 3.63) is 5.82 Å². The molecule has 9 nitrogen and oxygen atoms in total. The van der Waals surface area contributed by atoms with Gasteiger partial charge in [0, 0.05) is 12.6 Å². The number of aromatic amines is 1. The van der Waals surface area contributed by atoms with Gasteiger partial charge in [-0.2, -0.15) is 5.21 Å². The smallest absolute Gasteiger partial charge is 0.318 e. The summed E-state index contributed by atoms with van der Waals surface area (Å²) < 4.78 is 0. The molecule has 0 aliphatic rings. The van der Waals surface area contributed by atoms with Gasteiger partial charge >= 0.3 is 12.0 Å². The molecule has 1 heterocycles. The summed E-state index contributed by atoms with van der Waals surface area (Å²) in [6.07, 6.45) is -0.0950. The van der Waals surface area contributed by atoms with Crippen molar-refractivity contribution in [2.75, 3.05) is 6.54 Å². The molecule has 1 aromatic rings. The second kappa shape index (κ2) is 6.66. The predicted octanol–water partition coefficient (Wildman–Crippen LogP) is 0.155. The fourth-order valence-corrected chi connectivity index (χ4v) is 1.50. The van der Waals surface area contributed by atoms with Gasteiger partial charge in [0.15, 0.2) is 5.82 Å². The molecule has 0 saturated carbocycles. The van der Waals surface area contributed by atoms with E-state index in [9.17, 15) is 9.59 Å². The molecule has 3 N–H and O–H groups in total. The summed E-state index contributed by atoms with van der Waals surface area (Å²) in [6.45, 7) is 5.51. The molecule has 0 fully saturated rings. The number of carbonyl (C=O) groups excluding carboxylic acids is 1. The lowest BCUT2D eigenvalue weighted by Crippen LogP contribution is -2.45. The van der Waals surface area contributed by atoms with Crippen molar-refractivity contribution in [3.8, 4) is 0 Å². The molecule has 2 amide bonds. The van der Waals surface area contributed by atoms with E-state index in [4.69, 9.17) is 5.11 Å². The number of hydrogen-bond acceptors (Lipinski definition) is 5. The maximum atomic E-state index is 12.0. The van der Waals surface area contributed by atoms with Crippen molar-refractivity contribution in [2.45, 2.75) is 39.3 Å². The van der Waals surface area contributed by atoms with Gasteiger partial charge in [-0.15, -0.1) is 10.2 Å². The highest BCUT2D eigenvalue weighted by molar-refractivity contribution is 5.75. The van der Waals surface area contributed by atoms with Gasteiger partial charge in [0.25, 0.3) is 0 Å². The molecule has 1 aromatic heterocycles. The number of amides is 2. The van der Waals surface area contributed by atoms with E-state index < -0.39 is 12.0 Å². The number of carboxylic acid groups (broad SMARTS) is 1. The van der Waals surface area contributed by atoms with Crippen LogP contribution in [0.4, 0.5) is 4.79 Å². The minimum atomic E-state index is -0.940. The Kier molecular flexibility index (Phi) is 5.22. The number of aliphatic carboxylic acids is 1. The molecule has 1 rings (SSSR count). The van der Waals surface area contributed by atoms with E-state index in [2.05, 4.69) is 25.9 Å². The zero-order chi connectivity index (χ0) is 14.4. The summed E-state index contributed by atoms with van der Waals surface area (Å²) in [6, 6.07) is -0.859. The number of carboxylic acids is 1. The Balaban J connectivity index is 2.59. The number of nitrogens with zero attached hydrogens (tertiary/aromatic N) is 4. The summed E-state index contributed by atoms with van der Waals surface area (Å²) in [4.78, 5) is 24.1. The van der Waals surface area contributed by atoms with Gasteiger partial charge in [-0.05, 0) is 20.8 Å². The van der Waals surface area contributed by atoms with E-state index in [-0.39, 0.29) is 25.0 Å². The average molecular weight is 270 g/mol. The van der Waals surface area contributed by atoms with Crippen LogP contribution in [-0.4, -0.2) is 55.2 Å². The molecule has 0 radical (unpaired) electrons. The molecule has 0 saturated heterocycles. The molecule has 19 heavy (non-hydrogen) atoms. The number of tetrazole rings is 1. The molecule has 106 valence electrons. The van der Waals surface area contributed by atoms with E-state index in [1.54, 1.807) is 6.92 Å². The Bertz CT molecular complexity index is 419. The lowest BCUT2D eigenvalue weighted by Gasteiger charge is -2.27. The summed E-state index contributed by atoms with van der Waals surface area (Å²) in [5.74, 6) is -0.569. The van der Waals surface area contributed by atoms with Crippen LogP contribution >= 0.6 is 0 Å². The molecule has 1 atom stereocenters. The van der Waals surface area contributed by atoms with Crippen molar-refractivity contribution in [3.63, 3.8) is 0 Å². The molecule has 1 unspecified atom stereocenters. The molecule has 0 aromatic carbocycles. The third-order valence-corrected chi connectivity index (χ3v) is 2.54. The van der Waals surface area contributed by atoms with Crippen molar-refractivity contribution in [1.82, 2.24) is 30.8 Å². The first kappa shape index (κ1) is 14.9. The lowest BCUT2D eigenvalue weighted by molar-refractivity contribution is -0.137. The lowest BCUT2D eigenvalue weighted by atomic mass is 10.3. The Morgan fingerprint density at radius 3 is 2.58 bits per heavy atom. The standard InChI is InChI=1S/C10H18N6O3/c1-6(2)16(5-4-8(17)18)10(19)11-7(3)9-12-14-15-13-9/h6-7H,4-5H2,1-3H3,(H,11,19)(H,17,18)(H,12,13,14,15). The highest BCUT2D eigenvalue weighted by atomic mass is 16.4. The van der Waals surface area contributed by atoms with Gasteiger partial charge in [-0.1, -0.05) is 5.21 Å². The maximum absolute atomic E-state index is 12.0. The SMILES string of the molecule is CC(NC(=O)N(CCC(=O)O)C(C)C)c1nn[nH]n1. The number of urea groups is 1. The zero-order valence-electron chi connectivity index (χ0n) is 11.1. The Labute approximate surface area is 110 Å². The molecule has 0 spiro atoms. The molecule has 0 aliphatic heterocycles. The first-order chi connectivity index (χ1) is 8.91. The fraction of sp³-hybridized carbons (Fsp3) is 0.700. The third-order valence-electron chi connectivity index (χ3n) is 2.54. The second-order valence-corrected chi connectivity index (χ2v) is 4.37. The van der Waals surface area contributed by atoms with Crippen LogP contribution in [0.1, 0.15) is 39.1 Å².